The molecule has 0 saturated carbocycles. The lowest BCUT2D eigenvalue weighted by Gasteiger charge is -2.09. The first-order valence-corrected chi connectivity index (χ1v) is 11.2. The Balaban J connectivity index is 1.32. The van der Waals surface area contributed by atoms with Crippen molar-refractivity contribution in [2.24, 2.45) is 0 Å². The molecule has 0 fully saturated rings. The summed E-state index contributed by atoms with van der Waals surface area (Å²) in [5, 5.41) is 18.3. The number of aromatic hydroxyl groups is 1. The summed E-state index contributed by atoms with van der Waals surface area (Å²) in [4.78, 5) is 27.4. The first-order valence-electron chi connectivity index (χ1n) is 11.2. The molecule has 0 radical (unpaired) electrons. The van der Waals surface area contributed by atoms with Gasteiger partial charge >= 0.3 is 5.97 Å². The van der Waals surface area contributed by atoms with Gasteiger partial charge in [0, 0.05) is 29.7 Å². The van der Waals surface area contributed by atoms with Crippen LogP contribution in [-0.2, 0) is 17.6 Å². The van der Waals surface area contributed by atoms with Crippen LogP contribution >= 0.6 is 0 Å². The van der Waals surface area contributed by atoms with Gasteiger partial charge in [0.25, 0.3) is 0 Å². The number of aromatic nitrogens is 4. The number of aromatic amines is 2. The number of hydrogen-bond acceptors (Lipinski definition) is 7. The number of nitrogens with one attached hydrogen (secondary N) is 4. The Hall–Kier alpha value is -3.43. The quantitative estimate of drug-likeness (QED) is 0.186. The van der Waals surface area contributed by atoms with Crippen molar-refractivity contribution in [1.29, 1.82) is 0 Å². The maximum atomic E-state index is 12.5. The minimum atomic E-state index is -0.304. The summed E-state index contributed by atoms with van der Waals surface area (Å²) >= 11 is 0. The van der Waals surface area contributed by atoms with Gasteiger partial charge in [-0.15, -0.1) is 0 Å². The van der Waals surface area contributed by atoms with Crippen LogP contribution in [0.3, 0.4) is 0 Å². The van der Waals surface area contributed by atoms with Crippen molar-refractivity contribution < 1.29 is 14.6 Å². The lowest BCUT2D eigenvalue weighted by atomic mass is 10.1. The van der Waals surface area contributed by atoms with Crippen molar-refractivity contribution in [3.63, 3.8) is 0 Å². The van der Waals surface area contributed by atoms with Crippen LogP contribution in [0.2, 0.25) is 0 Å². The van der Waals surface area contributed by atoms with Crippen molar-refractivity contribution in [1.82, 2.24) is 30.6 Å². The monoisotopic (exact) mass is 450 g/mol. The van der Waals surface area contributed by atoms with E-state index in [0.29, 0.717) is 25.3 Å². The molecule has 9 heteroatoms. The Morgan fingerprint density at radius 2 is 1.61 bits per heavy atom. The molecule has 4 aromatic heterocycles. The van der Waals surface area contributed by atoms with E-state index in [1.807, 2.05) is 33.3 Å². The Kier molecular flexibility index (Phi) is 6.90. The summed E-state index contributed by atoms with van der Waals surface area (Å²) in [6.07, 6.45) is 8.73. The van der Waals surface area contributed by atoms with Crippen LogP contribution in [0.5, 0.6) is 11.5 Å². The van der Waals surface area contributed by atoms with Gasteiger partial charge in [0.1, 0.15) is 5.75 Å². The third-order valence-electron chi connectivity index (χ3n) is 5.85. The van der Waals surface area contributed by atoms with Gasteiger partial charge < -0.3 is 30.4 Å². The predicted octanol–water partition coefficient (Wildman–Crippen LogP) is 2.65. The molecule has 0 atom stereocenters. The molecule has 4 rings (SSSR count). The fraction of sp³-hybridized carbons (Fsp3) is 0.375. The van der Waals surface area contributed by atoms with Crippen molar-refractivity contribution in [3.8, 4) is 11.5 Å². The molecule has 5 N–H and O–H groups in total. The van der Waals surface area contributed by atoms with Crippen LogP contribution in [0.1, 0.15) is 28.9 Å². The van der Waals surface area contributed by atoms with Gasteiger partial charge in [-0.3, -0.25) is 14.8 Å². The molecule has 0 aromatic carbocycles. The molecule has 4 aromatic rings. The molecule has 4 heterocycles. The van der Waals surface area contributed by atoms with Gasteiger partial charge in [-0.05, 0) is 58.0 Å². The third-order valence-corrected chi connectivity index (χ3v) is 5.85. The van der Waals surface area contributed by atoms with Gasteiger partial charge in [0.05, 0.1) is 41.2 Å². The second-order valence-electron chi connectivity index (χ2n) is 8.14. The van der Waals surface area contributed by atoms with Crippen molar-refractivity contribution in [3.05, 3.63) is 47.3 Å². The molecule has 0 aliphatic rings. The van der Waals surface area contributed by atoms with Crippen molar-refractivity contribution in [2.75, 3.05) is 26.7 Å². The van der Waals surface area contributed by atoms with Crippen molar-refractivity contribution in [2.45, 2.75) is 33.1 Å². The highest BCUT2D eigenvalue weighted by Crippen LogP contribution is 2.31. The number of esters is 1. The van der Waals surface area contributed by atoms with Gasteiger partial charge in [-0.1, -0.05) is 0 Å². The average molecular weight is 451 g/mol. The lowest BCUT2D eigenvalue weighted by molar-refractivity contribution is -0.134. The Morgan fingerprint density at radius 1 is 0.970 bits per heavy atom. The zero-order chi connectivity index (χ0) is 23.4. The molecule has 174 valence electrons. The molecule has 0 spiro atoms. The van der Waals surface area contributed by atoms with Crippen LogP contribution in [0.25, 0.3) is 21.8 Å². The molecule has 9 nitrogen and oxygen atoms in total. The van der Waals surface area contributed by atoms with Gasteiger partial charge in [-0.2, -0.15) is 0 Å². The Labute approximate surface area is 192 Å². The minimum Gasteiger partial charge on any atom is -0.506 e. The number of rotatable bonds is 10. The largest absolute Gasteiger partial charge is 0.506 e. The fourth-order valence-corrected chi connectivity index (χ4v) is 4.09. The molecular formula is C24H30N6O3. The van der Waals surface area contributed by atoms with Crippen LogP contribution in [0.15, 0.2) is 24.8 Å². The summed E-state index contributed by atoms with van der Waals surface area (Å²) in [6.45, 7) is 5.83. The molecule has 0 bridgehead atoms. The summed E-state index contributed by atoms with van der Waals surface area (Å²) in [6, 6.07) is 0. The number of likely N-dealkylation sites (N-methyl/N-ethyl adjacent to an activating group) is 1. The van der Waals surface area contributed by atoms with E-state index in [1.54, 1.807) is 6.20 Å². The normalized spacial score (nSPS) is 11.5. The van der Waals surface area contributed by atoms with Crippen LogP contribution in [0.4, 0.5) is 0 Å². The van der Waals surface area contributed by atoms with Crippen molar-refractivity contribution >= 4 is 27.8 Å². The maximum Gasteiger partial charge on any atom is 0.312 e. The SMILES string of the molecule is CNCCc1c[nH]c2c(C)ncc(OC(=O)CCNCCc3c[nH]c4c(C)ncc(O)c34)c12. The van der Waals surface area contributed by atoms with E-state index in [1.165, 1.54) is 6.20 Å². The van der Waals surface area contributed by atoms with E-state index < -0.39 is 0 Å². The molecular weight excluding hydrogens is 420 g/mol. The summed E-state index contributed by atoms with van der Waals surface area (Å²) in [7, 11) is 1.91. The zero-order valence-corrected chi connectivity index (χ0v) is 19.2. The van der Waals surface area contributed by atoms with Gasteiger partial charge in [0.2, 0.25) is 0 Å². The highest BCUT2D eigenvalue weighted by atomic mass is 16.5. The van der Waals surface area contributed by atoms with Gasteiger partial charge in [0.15, 0.2) is 5.75 Å². The maximum absolute atomic E-state index is 12.5. The zero-order valence-electron chi connectivity index (χ0n) is 19.2. The predicted molar refractivity (Wildman–Crippen MR) is 128 cm³/mol. The number of H-pyrrole nitrogens is 2. The van der Waals surface area contributed by atoms with E-state index in [4.69, 9.17) is 4.74 Å². The highest BCUT2D eigenvalue weighted by molar-refractivity contribution is 5.92. The molecule has 0 aliphatic carbocycles. The van der Waals surface area contributed by atoms with Crippen LogP contribution < -0.4 is 15.4 Å². The topological polar surface area (TPSA) is 128 Å². The Bertz CT molecular complexity index is 1280. The molecule has 0 aliphatic heterocycles. The first-order chi connectivity index (χ1) is 16.0. The molecule has 0 unspecified atom stereocenters. The third kappa shape index (κ3) is 4.84. The van der Waals surface area contributed by atoms with E-state index >= 15 is 0 Å². The number of carbonyl (C=O) groups is 1. The second-order valence-corrected chi connectivity index (χ2v) is 8.14. The summed E-state index contributed by atoms with van der Waals surface area (Å²) < 4.78 is 5.67. The number of carbonyl (C=O) groups excluding carboxylic acids is 1. The summed E-state index contributed by atoms with van der Waals surface area (Å²) in [5.41, 5.74) is 5.58. The molecule has 0 saturated heterocycles. The number of pyridine rings is 2. The number of hydrogen-bond donors (Lipinski definition) is 5. The van der Waals surface area contributed by atoms with E-state index in [2.05, 4.69) is 30.6 Å². The van der Waals surface area contributed by atoms with Crippen LogP contribution in [-0.4, -0.2) is 57.7 Å². The number of aryl methyl sites for hydroxylation is 2. The standard InChI is InChI=1S/C24H30N6O3/c1-14-23-21(18(31)12-27-14)16(10-29-23)5-8-26-9-6-20(32)33-19-13-28-15(2)24-22(19)17(11-30-24)4-7-25-3/h10-13,25-26,29-31H,4-9H2,1-3H3. The van der Waals surface area contributed by atoms with E-state index in [0.717, 1.165) is 57.3 Å². The van der Waals surface area contributed by atoms with Gasteiger partial charge in [-0.25, -0.2) is 0 Å². The number of nitrogens with zero attached hydrogens (tertiary/aromatic N) is 2. The number of ether oxygens (including phenoxy) is 1. The van der Waals surface area contributed by atoms with E-state index in [-0.39, 0.29) is 18.1 Å². The lowest BCUT2D eigenvalue weighted by Crippen LogP contribution is -2.22. The minimum absolute atomic E-state index is 0.173. The smallest absolute Gasteiger partial charge is 0.312 e. The van der Waals surface area contributed by atoms with Crippen LogP contribution in [0, 0.1) is 13.8 Å². The highest BCUT2D eigenvalue weighted by Gasteiger charge is 2.16. The molecule has 33 heavy (non-hydrogen) atoms. The van der Waals surface area contributed by atoms with E-state index in [9.17, 15) is 9.90 Å². The molecule has 0 amide bonds. The first kappa shape index (κ1) is 22.8. The second kappa shape index (κ2) is 10.0. The number of fused-ring (bicyclic) bond motifs is 2. The Morgan fingerprint density at radius 3 is 2.33 bits per heavy atom. The summed E-state index contributed by atoms with van der Waals surface area (Å²) in [5.74, 6) is 0.361. The average Bonchev–Trinajstić information content (AvgIpc) is 3.43. The fourth-order valence-electron chi connectivity index (χ4n) is 4.09.